The minimum Gasteiger partial charge on any atom is -0.481 e. The predicted octanol–water partition coefficient (Wildman–Crippen LogP) is 2.35. The summed E-state index contributed by atoms with van der Waals surface area (Å²) in [6, 6.07) is 10.0. The molecule has 88 valence electrons. The molecule has 0 aliphatic heterocycles. The first-order chi connectivity index (χ1) is 8.26. The van der Waals surface area contributed by atoms with E-state index in [1.54, 1.807) is 30.3 Å². The van der Waals surface area contributed by atoms with Gasteiger partial charge < -0.3 is 10.5 Å². The fourth-order valence-electron chi connectivity index (χ4n) is 1.62. The van der Waals surface area contributed by atoms with Crippen LogP contribution in [-0.2, 0) is 6.54 Å². The number of nitrogens with two attached hydrogens (primary N) is 1. The Bertz CT molecular complexity index is 529. The fourth-order valence-corrected chi connectivity index (χ4v) is 1.62. The van der Waals surface area contributed by atoms with E-state index in [-0.39, 0.29) is 5.82 Å². The lowest BCUT2D eigenvalue weighted by Crippen LogP contribution is -2.02. The third kappa shape index (κ3) is 2.26. The number of aromatic nitrogens is 1. The summed E-state index contributed by atoms with van der Waals surface area (Å²) in [6.07, 6.45) is 0. The Morgan fingerprint density at radius 1 is 1.24 bits per heavy atom. The van der Waals surface area contributed by atoms with Crippen molar-refractivity contribution in [3.8, 4) is 17.1 Å². The molecule has 0 bridgehead atoms. The lowest BCUT2D eigenvalue weighted by atomic mass is 10.1. The van der Waals surface area contributed by atoms with Crippen molar-refractivity contribution in [1.82, 2.24) is 4.98 Å². The van der Waals surface area contributed by atoms with Crippen molar-refractivity contribution in [2.45, 2.75) is 6.54 Å². The SMILES string of the molecule is COc1nc(-c2ccccc2F)ccc1CN. The molecule has 0 fully saturated rings. The van der Waals surface area contributed by atoms with Gasteiger partial charge in [-0.1, -0.05) is 18.2 Å². The highest BCUT2D eigenvalue weighted by Gasteiger charge is 2.09. The van der Waals surface area contributed by atoms with E-state index in [1.807, 2.05) is 0 Å². The van der Waals surface area contributed by atoms with E-state index in [0.717, 1.165) is 5.56 Å². The topological polar surface area (TPSA) is 48.1 Å². The molecule has 2 N–H and O–H groups in total. The molecule has 2 aromatic rings. The molecule has 0 spiro atoms. The number of methoxy groups -OCH3 is 1. The van der Waals surface area contributed by atoms with Crippen LogP contribution in [0.5, 0.6) is 5.88 Å². The van der Waals surface area contributed by atoms with Crippen molar-refractivity contribution in [2.24, 2.45) is 5.73 Å². The second-order valence-corrected chi connectivity index (χ2v) is 3.55. The predicted molar refractivity (Wildman–Crippen MR) is 64.1 cm³/mol. The molecule has 0 radical (unpaired) electrons. The van der Waals surface area contributed by atoms with Gasteiger partial charge in [-0.3, -0.25) is 0 Å². The van der Waals surface area contributed by atoms with Gasteiger partial charge in [0.1, 0.15) is 5.82 Å². The number of ether oxygens (including phenoxy) is 1. The largest absolute Gasteiger partial charge is 0.481 e. The highest BCUT2D eigenvalue weighted by atomic mass is 19.1. The molecule has 1 aromatic carbocycles. The van der Waals surface area contributed by atoms with Crippen molar-refractivity contribution in [3.05, 3.63) is 47.8 Å². The molecule has 0 atom stereocenters. The van der Waals surface area contributed by atoms with Crippen LogP contribution in [0.1, 0.15) is 5.56 Å². The quantitative estimate of drug-likeness (QED) is 0.883. The maximum atomic E-state index is 13.6. The van der Waals surface area contributed by atoms with Crippen LogP contribution in [0.15, 0.2) is 36.4 Å². The number of hydrogen-bond acceptors (Lipinski definition) is 3. The van der Waals surface area contributed by atoms with E-state index in [2.05, 4.69) is 4.98 Å². The average molecular weight is 232 g/mol. The lowest BCUT2D eigenvalue weighted by molar-refractivity contribution is 0.393. The monoisotopic (exact) mass is 232 g/mol. The Labute approximate surface area is 99.1 Å². The van der Waals surface area contributed by atoms with Crippen LogP contribution in [-0.4, -0.2) is 12.1 Å². The summed E-state index contributed by atoms with van der Waals surface area (Å²) in [6.45, 7) is 0.341. The molecular formula is C13H13FN2O. The first-order valence-electron chi connectivity index (χ1n) is 5.25. The van der Waals surface area contributed by atoms with E-state index in [4.69, 9.17) is 10.5 Å². The summed E-state index contributed by atoms with van der Waals surface area (Å²) in [7, 11) is 1.52. The Hall–Kier alpha value is -1.94. The first-order valence-corrected chi connectivity index (χ1v) is 5.25. The van der Waals surface area contributed by atoms with Crippen molar-refractivity contribution in [2.75, 3.05) is 7.11 Å². The van der Waals surface area contributed by atoms with Crippen LogP contribution in [0.4, 0.5) is 4.39 Å². The molecule has 0 saturated carbocycles. The van der Waals surface area contributed by atoms with Crippen LogP contribution in [0, 0.1) is 5.82 Å². The van der Waals surface area contributed by atoms with Crippen molar-refractivity contribution in [3.63, 3.8) is 0 Å². The molecular weight excluding hydrogens is 219 g/mol. The van der Waals surface area contributed by atoms with E-state index < -0.39 is 0 Å². The summed E-state index contributed by atoms with van der Waals surface area (Å²) in [4.78, 5) is 4.25. The summed E-state index contributed by atoms with van der Waals surface area (Å²) >= 11 is 0. The Balaban J connectivity index is 2.50. The number of halogens is 1. The van der Waals surface area contributed by atoms with E-state index in [0.29, 0.717) is 23.7 Å². The molecule has 1 heterocycles. The Morgan fingerprint density at radius 3 is 2.65 bits per heavy atom. The first kappa shape index (κ1) is 11.5. The molecule has 0 unspecified atom stereocenters. The van der Waals surface area contributed by atoms with Gasteiger partial charge in [0.25, 0.3) is 0 Å². The molecule has 4 heteroatoms. The highest BCUT2D eigenvalue weighted by Crippen LogP contribution is 2.24. The van der Waals surface area contributed by atoms with Crippen molar-refractivity contribution >= 4 is 0 Å². The molecule has 3 nitrogen and oxygen atoms in total. The van der Waals surface area contributed by atoms with Gasteiger partial charge in [-0.25, -0.2) is 9.37 Å². The van der Waals surface area contributed by atoms with Gasteiger partial charge in [0, 0.05) is 17.7 Å². The van der Waals surface area contributed by atoms with E-state index >= 15 is 0 Å². The minimum absolute atomic E-state index is 0.303. The number of rotatable bonds is 3. The molecule has 17 heavy (non-hydrogen) atoms. The van der Waals surface area contributed by atoms with Crippen molar-refractivity contribution < 1.29 is 9.13 Å². The Morgan fingerprint density at radius 2 is 2.00 bits per heavy atom. The second kappa shape index (κ2) is 4.93. The number of nitrogens with zero attached hydrogens (tertiary/aromatic N) is 1. The van der Waals surface area contributed by atoms with Gasteiger partial charge >= 0.3 is 0 Å². The van der Waals surface area contributed by atoms with Crippen LogP contribution >= 0.6 is 0 Å². The number of hydrogen-bond donors (Lipinski definition) is 1. The average Bonchev–Trinajstić information content (AvgIpc) is 2.38. The van der Waals surface area contributed by atoms with Crippen LogP contribution in [0.3, 0.4) is 0 Å². The normalized spacial score (nSPS) is 10.3. The third-order valence-electron chi connectivity index (χ3n) is 2.50. The summed E-state index contributed by atoms with van der Waals surface area (Å²) < 4.78 is 18.7. The number of pyridine rings is 1. The standard InChI is InChI=1S/C13H13FN2O/c1-17-13-9(8-15)6-7-12(16-13)10-4-2-3-5-11(10)14/h2-7H,8,15H2,1H3. The molecule has 0 amide bonds. The second-order valence-electron chi connectivity index (χ2n) is 3.55. The highest BCUT2D eigenvalue weighted by molar-refractivity contribution is 5.61. The zero-order valence-corrected chi connectivity index (χ0v) is 9.48. The Kier molecular flexibility index (Phi) is 3.35. The van der Waals surface area contributed by atoms with E-state index in [9.17, 15) is 4.39 Å². The molecule has 0 aliphatic rings. The smallest absolute Gasteiger partial charge is 0.218 e. The van der Waals surface area contributed by atoms with Gasteiger partial charge in [0.2, 0.25) is 5.88 Å². The number of benzene rings is 1. The fraction of sp³-hybridized carbons (Fsp3) is 0.154. The van der Waals surface area contributed by atoms with E-state index in [1.165, 1.54) is 13.2 Å². The van der Waals surface area contributed by atoms with Gasteiger partial charge in [0.15, 0.2) is 0 Å². The maximum absolute atomic E-state index is 13.6. The maximum Gasteiger partial charge on any atom is 0.218 e. The summed E-state index contributed by atoms with van der Waals surface area (Å²) in [5.41, 5.74) is 7.34. The minimum atomic E-state index is -0.303. The molecule has 1 aromatic heterocycles. The van der Waals surface area contributed by atoms with Gasteiger partial charge in [0.05, 0.1) is 12.8 Å². The van der Waals surface area contributed by atoms with Crippen LogP contribution in [0.2, 0.25) is 0 Å². The zero-order chi connectivity index (χ0) is 12.3. The van der Waals surface area contributed by atoms with Crippen molar-refractivity contribution in [1.29, 1.82) is 0 Å². The lowest BCUT2D eigenvalue weighted by Gasteiger charge is -2.08. The third-order valence-corrected chi connectivity index (χ3v) is 2.50. The summed E-state index contributed by atoms with van der Waals surface area (Å²) in [5.74, 6) is 0.135. The molecule has 2 rings (SSSR count). The van der Waals surface area contributed by atoms with Gasteiger partial charge in [-0.15, -0.1) is 0 Å². The molecule has 0 aliphatic carbocycles. The van der Waals surface area contributed by atoms with Gasteiger partial charge in [-0.05, 0) is 18.2 Å². The van der Waals surface area contributed by atoms with Crippen LogP contribution < -0.4 is 10.5 Å². The summed E-state index contributed by atoms with van der Waals surface area (Å²) in [5, 5.41) is 0. The molecule has 0 saturated heterocycles. The zero-order valence-electron chi connectivity index (χ0n) is 9.48. The van der Waals surface area contributed by atoms with Gasteiger partial charge in [-0.2, -0.15) is 0 Å². The van der Waals surface area contributed by atoms with Crippen LogP contribution in [0.25, 0.3) is 11.3 Å².